The van der Waals surface area contributed by atoms with E-state index in [1.807, 2.05) is 13.0 Å². The third-order valence-corrected chi connectivity index (χ3v) is 11.8. The van der Waals surface area contributed by atoms with Gasteiger partial charge in [-0.2, -0.15) is 0 Å². The number of rotatable bonds is 6. The minimum atomic E-state index is -0.423. The molecule has 5 aliphatic rings. The lowest BCUT2D eigenvalue weighted by Crippen LogP contribution is -2.51. The summed E-state index contributed by atoms with van der Waals surface area (Å²) in [5.41, 5.74) is 2.74. The molecule has 5 rings (SSSR count). The van der Waals surface area contributed by atoms with Gasteiger partial charge >= 0.3 is 6.09 Å². The molecule has 0 aromatic rings. The van der Waals surface area contributed by atoms with Crippen LogP contribution in [0.4, 0.5) is 4.79 Å². The lowest BCUT2D eigenvalue weighted by atomic mass is 9.46. The van der Waals surface area contributed by atoms with Gasteiger partial charge in [0.25, 0.3) is 0 Å². The summed E-state index contributed by atoms with van der Waals surface area (Å²) in [5, 5.41) is 7.81. The summed E-state index contributed by atoms with van der Waals surface area (Å²) in [6.07, 6.45) is 12.8. The number of likely N-dealkylation sites (N-methyl/N-ethyl adjacent to an activating group) is 1. The summed E-state index contributed by atoms with van der Waals surface area (Å²) < 4.78 is 0. The number of nitrogens with zero attached hydrogens (tertiary/aromatic N) is 3. The highest BCUT2D eigenvalue weighted by Gasteiger charge is 2.59. The molecule has 0 bridgehead atoms. The van der Waals surface area contributed by atoms with Gasteiger partial charge in [-0.15, -0.1) is 0 Å². The van der Waals surface area contributed by atoms with Gasteiger partial charge in [-0.1, -0.05) is 24.6 Å². The Morgan fingerprint density at radius 1 is 1.02 bits per heavy atom. The Labute approximate surface area is 240 Å². The minimum absolute atomic E-state index is 0.112. The molecule has 3 saturated carbocycles. The van der Waals surface area contributed by atoms with Crippen LogP contribution in [0.1, 0.15) is 91.4 Å². The fourth-order valence-corrected chi connectivity index (χ4v) is 9.48. The molecule has 0 spiro atoms. The zero-order chi connectivity index (χ0) is 28.8. The van der Waals surface area contributed by atoms with E-state index in [1.165, 1.54) is 31.3 Å². The molecular weight excluding hydrogens is 504 g/mol. The van der Waals surface area contributed by atoms with E-state index in [0.29, 0.717) is 42.4 Å². The Hall–Kier alpha value is -2.22. The maximum absolute atomic E-state index is 12.8. The summed E-state index contributed by atoms with van der Waals surface area (Å²) in [5.74, 6) is 2.81. The predicted octanol–water partition coefficient (Wildman–Crippen LogP) is 5.18. The van der Waals surface area contributed by atoms with Gasteiger partial charge in [0.2, 0.25) is 5.91 Å². The number of ketones is 1. The Balaban J connectivity index is 1.15. The first-order chi connectivity index (χ1) is 18.9. The van der Waals surface area contributed by atoms with Crippen LogP contribution >= 0.6 is 0 Å². The summed E-state index contributed by atoms with van der Waals surface area (Å²) in [6, 6.07) is 0.0978. The molecule has 222 valence electrons. The van der Waals surface area contributed by atoms with Gasteiger partial charge in [0, 0.05) is 46.1 Å². The molecule has 0 aromatic heterocycles. The fraction of sp³-hybridized carbons (Fsp3) is 0.812. The molecule has 8 nitrogen and oxygen atoms in total. The Bertz CT molecular complexity index is 1080. The molecule has 4 fully saturated rings. The SMILES string of the molecule is C/C(=N\OC(=O)N(C)CCC1CCC(C(=O)N(C)C)N1)[C@H]1CC[C@H]2[C@@H]3CCC4=CC(=O)CC[C@]4(C)[C@H]3CC[C@]12C. The number of hydrogen-bond donors (Lipinski definition) is 1. The number of amides is 2. The van der Waals surface area contributed by atoms with Crippen molar-refractivity contribution < 1.29 is 19.2 Å². The largest absolute Gasteiger partial charge is 0.435 e. The third kappa shape index (κ3) is 5.25. The molecule has 8 atom stereocenters. The second-order valence-electron chi connectivity index (χ2n) is 14.2. The van der Waals surface area contributed by atoms with Crippen LogP contribution in [0.3, 0.4) is 0 Å². The van der Waals surface area contributed by atoms with Crippen molar-refractivity contribution in [3.05, 3.63) is 11.6 Å². The van der Waals surface area contributed by atoms with Crippen LogP contribution in [0.25, 0.3) is 0 Å². The highest BCUT2D eigenvalue weighted by molar-refractivity contribution is 5.91. The number of carbonyl (C=O) groups excluding carboxylic acids is 3. The van der Waals surface area contributed by atoms with Crippen LogP contribution in [-0.2, 0) is 14.4 Å². The number of carbonyl (C=O) groups is 3. The van der Waals surface area contributed by atoms with Crippen LogP contribution < -0.4 is 5.32 Å². The minimum Gasteiger partial charge on any atom is -0.347 e. The highest BCUT2D eigenvalue weighted by atomic mass is 16.7. The number of fused-ring (bicyclic) bond motifs is 5. The first kappa shape index (κ1) is 29.3. The second-order valence-corrected chi connectivity index (χ2v) is 14.2. The topological polar surface area (TPSA) is 91.3 Å². The van der Waals surface area contributed by atoms with Crippen LogP contribution in [0.5, 0.6) is 0 Å². The molecule has 1 heterocycles. The maximum atomic E-state index is 12.8. The first-order valence-electron chi connectivity index (χ1n) is 15.6. The van der Waals surface area contributed by atoms with E-state index >= 15 is 0 Å². The molecule has 8 heteroatoms. The van der Waals surface area contributed by atoms with Crippen LogP contribution in [0.2, 0.25) is 0 Å². The second kappa shape index (κ2) is 11.2. The average Bonchev–Trinajstić information content (AvgIpc) is 3.54. The number of nitrogens with one attached hydrogen (secondary N) is 1. The van der Waals surface area contributed by atoms with E-state index in [0.717, 1.165) is 44.2 Å². The van der Waals surface area contributed by atoms with Gasteiger partial charge in [-0.3, -0.25) is 14.4 Å². The Kier molecular flexibility index (Phi) is 8.21. The Morgan fingerprint density at radius 3 is 2.55 bits per heavy atom. The van der Waals surface area contributed by atoms with Crippen molar-refractivity contribution in [2.45, 2.75) is 103 Å². The summed E-state index contributed by atoms with van der Waals surface area (Å²) in [7, 11) is 5.32. The van der Waals surface area contributed by atoms with E-state index in [1.54, 1.807) is 30.9 Å². The van der Waals surface area contributed by atoms with Crippen LogP contribution in [-0.4, -0.2) is 73.1 Å². The van der Waals surface area contributed by atoms with Crippen molar-refractivity contribution in [3.8, 4) is 0 Å². The van der Waals surface area contributed by atoms with Gasteiger partial charge in [0.05, 0.1) is 11.8 Å². The Morgan fingerprint density at radius 2 is 1.80 bits per heavy atom. The van der Waals surface area contributed by atoms with E-state index in [-0.39, 0.29) is 28.8 Å². The summed E-state index contributed by atoms with van der Waals surface area (Å²) in [6.45, 7) is 7.49. The quantitative estimate of drug-likeness (QED) is 0.278. The molecule has 1 N–H and O–H groups in total. The van der Waals surface area contributed by atoms with Crippen molar-refractivity contribution in [1.82, 2.24) is 15.1 Å². The normalized spacial score (nSPS) is 39.1. The molecule has 40 heavy (non-hydrogen) atoms. The standard InChI is InChI=1S/C32H50N4O4/c1-20(34-40-30(39)36(6)18-15-22-8-12-28(33-22)29(38)35(4)5)25-10-11-26-24-9-7-21-19-23(37)13-16-31(21,2)27(24)14-17-32(25,26)3/h19,22,24-28,33H,7-18H2,1-6H3/b34-20+/t22?,24-,25+,26-,27-,28?,31-,32+/m0/s1. The monoisotopic (exact) mass is 554 g/mol. The van der Waals surface area contributed by atoms with Crippen molar-refractivity contribution in [2.24, 2.45) is 39.7 Å². The molecule has 1 aliphatic heterocycles. The third-order valence-electron chi connectivity index (χ3n) is 11.8. The zero-order valence-corrected chi connectivity index (χ0v) is 25.5. The lowest BCUT2D eigenvalue weighted by molar-refractivity contribution is -0.130. The van der Waals surface area contributed by atoms with Crippen molar-refractivity contribution in [3.63, 3.8) is 0 Å². The van der Waals surface area contributed by atoms with Gasteiger partial charge in [-0.25, -0.2) is 4.79 Å². The smallest absolute Gasteiger partial charge is 0.347 e. The van der Waals surface area contributed by atoms with Gasteiger partial charge < -0.3 is 15.1 Å². The number of hydrogen-bond acceptors (Lipinski definition) is 6. The van der Waals surface area contributed by atoms with Crippen LogP contribution in [0.15, 0.2) is 16.8 Å². The van der Waals surface area contributed by atoms with E-state index < -0.39 is 6.09 Å². The maximum Gasteiger partial charge on any atom is 0.435 e. The number of oxime groups is 1. The van der Waals surface area contributed by atoms with E-state index in [2.05, 4.69) is 24.3 Å². The van der Waals surface area contributed by atoms with Crippen molar-refractivity contribution in [2.75, 3.05) is 27.7 Å². The van der Waals surface area contributed by atoms with Gasteiger partial charge in [0.15, 0.2) is 5.78 Å². The zero-order valence-electron chi connectivity index (χ0n) is 25.5. The fourth-order valence-electron chi connectivity index (χ4n) is 9.48. The van der Waals surface area contributed by atoms with Crippen LogP contribution in [0, 0.1) is 34.5 Å². The lowest BCUT2D eigenvalue weighted by Gasteiger charge is -2.58. The molecule has 4 aliphatic carbocycles. The van der Waals surface area contributed by atoms with Crippen molar-refractivity contribution in [1.29, 1.82) is 0 Å². The molecular formula is C32H50N4O4. The molecule has 1 saturated heterocycles. The summed E-state index contributed by atoms with van der Waals surface area (Å²) in [4.78, 5) is 45.8. The molecule has 2 unspecified atom stereocenters. The van der Waals surface area contributed by atoms with E-state index in [9.17, 15) is 14.4 Å². The molecule has 2 amide bonds. The van der Waals surface area contributed by atoms with Gasteiger partial charge in [-0.05, 0) is 106 Å². The molecule has 0 radical (unpaired) electrons. The first-order valence-corrected chi connectivity index (χ1v) is 15.6. The van der Waals surface area contributed by atoms with E-state index in [4.69, 9.17) is 4.84 Å². The highest BCUT2D eigenvalue weighted by Crippen LogP contribution is 2.66. The average molecular weight is 555 g/mol. The van der Waals surface area contributed by atoms with Crippen molar-refractivity contribution >= 4 is 23.5 Å². The number of allylic oxidation sites excluding steroid dienone is 1. The predicted molar refractivity (Wildman–Crippen MR) is 156 cm³/mol. The molecule has 0 aromatic carbocycles. The summed E-state index contributed by atoms with van der Waals surface area (Å²) >= 11 is 0. The van der Waals surface area contributed by atoms with Gasteiger partial charge in [0.1, 0.15) is 0 Å².